The number of hydrogen-bond acceptors (Lipinski definition) is 2. The van der Waals surface area contributed by atoms with Crippen molar-refractivity contribution in [2.24, 2.45) is 0 Å². The highest BCUT2D eigenvalue weighted by Gasteiger charge is 2.14. The molecular weight excluding hydrogens is 290 g/mol. The first-order valence-corrected chi connectivity index (χ1v) is 8.75. The van der Waals surface area contributed by atoms with Crippen LogP contribution in [0.2, 0.25) is 0 Å². The summed E-state index contributed by atoms with van der Waals surface area (Å²) in [5.74, 6) is 0.946. The van der Waals surface area contributed by atoms with E-state index in [1.165, 1.54) is 5.56 Å². The molecule has 1 amide bonds. The van der Waals surface area contributed by atoms with Gasteiger partial charge in [-0.2, -0.15) is 0 Å². The van der Waals surface area contributed by atoms with E-state index in [1.807, 2.05) is 31.2 Å². The molecule has 116 valence electrons. The summed E-state index contributed by atoms with van der Waals surface area (Å²) in [6.45, 7) is 6.26. The van der Waals surface area contributed by atoms with Crippen LogP contribution < -0.4 is 5.32 Å². The maximum atomic E-state index is 12.5. The van der Waals surface area contributed by atoms with E-state index >= 15 is 0 Å². The molecule has 0 aliphatic heterocycles. The van der Waals surface area contributed by atoms with Gasteiger partial charge in [0.05, 0.1) is 11.6 Å². The van der Waals surface area contributed by atoms with E-state index in [2.05, 4.69) is 43.4 Å². The van der Waals surface area contributed by atoms with Gasteiger partial charge in [-0.3, -0.25) is 4.79 Å². The largest absolute Gasteiger partial charge is 0.345 e. The van der Waals surface area contributed by atoms with Gasteiger partial charge < -0.3 is 5.32 Å². The maximum absolute atomic E-state index is 12.5. The Morgan fingerprint density at radius 3 is 2.41 bits per heavy atom. The van der Waals surface area contributed by atoms with Gasteiger partial charge in [0.2, 0.25) is 0 Å². The Labute approximate surface area is 137 Å². The Morgan fingerprint density at radius 1 is 1.09 bits per heavy atom. The van der Waals surface area contributed by atoms with Gasteiger partial charge in [-0.15, -0.1) is 11.8 Å². The third kappa shape index (κ3) is 4.14. The van der Waals surface area contributed by atoms with Crippen LogP contribution in [0, 0.1) is 0 Å². The van der Waals surface area contributed by atoms with Gasteiger partial charge in [0.15, 0.2) is 0 Å². The lowest BCUT2D eigenvalue weighted by molar-refractivity contribution is 0.0937. The molecule has 0 spiro atoms. The van der Waals surface area contributed by atoms with Crippen molar-refractivity contribution in [2.45, 2.75) is 38.1 Å². The maximum Gasteiger partial charge on any atom is 0.252 e. The number of thioether (sulfide) groups is 1. The quantitative estimate of drug-likeness (QED) is 0.772. The third-order valence-electron chi connectivity index (χ3n) is 3.67. The van der Waals surface area contributed by atoms with Crippen LogP contribution in [0.25, 0.3) is 0 Å². The van der Waals surface area contributed by atoms with Crippen molar-refractivity contribution in [2.75, 3.05) is 5.75 Å². The van der Waals surface area contributed by atoms with E-state index in [1.54, 1.807) is 11.8 Å². The van der Waals surface area contributed by atoms with Crippen LogP contribution in [0.15, 0.2) is 53.4 Å². The summed E-state index contributed by atoms with van der Waals surface area (Å²) in [6, 6.07) is 16.2. The molecular formula is C19H23NOS. The summed E-state index contributed by atoms with van der Waals surface area (Å²) in [5.41, 5.74) is 3.20. The van der Waals surface area contributed by atoms with Crippen molar-refractivity contribution in [3.63, 3.8) is 0 Å². The van der Waals surface area contributed by atoms with Crippen LogP contribution in [-0.4, -0.2) is 11.7 Å². The van der Waals surface area contributed by atoms with Gasteiger partial charge in [0.25, 0.3) is 5.91 Å². The lowest BCUT2D eigenvalue weighted by Crippen LogP contribution is -2.27. The molecule has 0 aromatic heterocycles. The monoisotopic (exact) mass is 313 g/mol. The van der Waals surface area contributed by atoms with Crippen LogP contribution in [0.1, 0.15) is 48.3 Å². The summed E-state index contributed by atoms with van der Waals surface area (Å²) in [4.78, 5) is 13.6. The van der Waals surface area contributed by atoms with Crippen LogP contribution in [0.4, 0.5) is 0 Å². The first kappa shape index (κ1) is 16.6. The van der Waals surface area contributed by atoms with Crippen LogP contribution >= 0.6 is 11.8 Å². The zero-order valence-electron chi connectivity index (χ0n) is 13.4. The van der Waals surface area contributed by atoms with Crippen molar-refractivity contribution in [3.8, 4) is 0 Å². The molecule has 1 N–H and O–H groups in total. The van der Waals surface area contributed by atoms with E-state index in [4.69, 9.17) is 0 Å². The first-order valence-electron chi connectivity index (χ1n) is 7.77. The Morgan fingerprint density at radius 2 is 1.77 bits per heavy atom. The summed E-state index contributed by atoms with van der Waals surface area (Å²) in [6.07, 6.45) is 1.03. The highest BCUT2D eigenvalue weighted by molar-refractivity contribution is 7.99. The number of rotatable bonds is 6. The van der Waals surface area contributed by atoms with Crippen molar-refractivity contribution in [3.05, 3.63) is 65.2 Å². The fourth-order valence-corrected chi connectivity index (χ4v) is 3.14. The van der Waals surface area contributed by atoms with Crippen LogP contribution in [0.3, 0.4) is 0 Å². The van der Waals surface area contributed by atoms with E-state index in [0.29, 0.717) is 0 Å². The molecule has 0 bridgehead atoms. The highest BCUT2D eigenvalue weighted by Crippen LogP contribution is 2.23. The lowest BCUT2D eigenvalue weighted by atomic mass is 10.0. The molecule has 0 fully saturated rings. The van der Waals surface area contributed by atoms with Gasteiger partial charge >= 0.3 is 0 Å². The van der Waals surface area contributed by atoms with Crippen LogP contribution in [-0.2, 0) is 6.42 Å². The summed E-state index contributed by atoms with van der Waals surface area (Å²) in [5, 5.41) is 3.10. The molecule has 0 saturated carbocycles. The highest BCUT2D eigenvalue weighted by atomic mass is 32.2. The first-order chi connectivity index (χ1) is 10.7. The molecule has 0 heterocycles. The minimum atomic E-state index is -0.0105. The Hall–Kier alpha value is -1.74. The molecule has 2 aromatic carbocycles. The molecule has 2 rings (SSSR count). The van der Waals surface area contributed by atoms with Crippen molar-refractivity contribution in [1.29, 1.82) is 0 Å². The van der Waals surface area contributed by atoms with Gasteiger partial charge in [-0.05, 0) is 42.4 Å². The number of carbonyl (C=O) groups excluding carboxylic acids is 1. The van der Waals surface area contributed by atoms with Crippen molar-refractivity contribution >= 4 is 17.7 Å². The Bertz CT molecular complexity index is 622. The normalized spacial score (nSPS) is 12.0. The zero-order chi connectivity index (χ0) is 15.9. The molecule has 22 heavy (non-hydrogen) atoms. The lowest BCUT2D eigenvalue weighted by Gasteiger charge is -2.16. The molecule has 0 unspecified atom stereocenters. The molecule has 1 atom stereocenters. The fourth-order valence-electron chi connectivity index (χ4n) is 2.34. The van der Waals surface area contributed by atoms with Gasteiger partial charge in [-0.25, -0.2) is 0 Å². The molecule has 0 aliphatic rings. The molecule has 2 aromatic rings. The number of benzene rings is 2. The van der Waals surface area contributed by atoms with Crippen molar-refractivity contribution in [1.82, 2.24) is 5.32 Å². The second-order valence-electron chi connectivity index (χ2n) is 5.22. The molecule has 3 heteroatoms. The van der Waals surface area contributed by atoms with E-state index < -0.39 is 0 Å². The van der Waals surface area contributed by atoms with Gasteiger partial charge in [0.1, 0.15) is 0 Å². The predicted molar refractivity (Wildman–Crippen MR) is 94.5 cm³/mol. The Kier molecular flexibility index (Phi) is 6.08. The molecule has 0 saturated heterocycles. The van der Waals surface area contributed by atoms with Crippen LogP contribution in [0.5, 0.6) is 0 Å². The number of hydrogen-bond donors (Lipinski definition) is 1. The summed E-state index contributed by atoms with van der Waals surface area (Å²) < 4.78 is 0. The number of aryl methyl sites for hydroxylation is 1. The topological polar surface area (TPSA) is 29.1 Å². The number of amides is 1. The predicted octanol–water partition coefficient (Wildman–Crippen LogP) is 4.85. The summed E-state index contributed by atoms with van der Waals surface area (Å²) in [7, 11) is 0. The minimum absolute atomic E-state index is 0.00177. The second-order valence-corrected chi connectivity index (χ2v) is 6.53. The third-order valence-corrected chi connectivity index (χ3v) is 4.62. The molecule has 2 nitrogen and oxygen atoms in total. The SMILES string of the molecule is CCSc1ccccc1C(=O)N[C@@H](C)c1ccc(CC)cc1. The van der Waals surface area contributed by atoms with Crippen molar-refractivity contribution < 1.29 is 4.79 Å². The fraction of sp³-hybridized carbons (Fsp3) is 0.316. The Balaban J connectivity index is 2.10. The van der Waals surface area contributed by atoms with Gasteiger partial charge in [-0.1, -0.05) is 50.2 Å². The zero-order valence-corrected chi connectivity index (χ0v) is 14.2. The summed E-state index contributed by atoms with van der Waals surface area (Å²) >= 11 is 1.70. The molecule has 0 aliphatic carbocycles. The van der Waals surface area contributed by atoms with E-state index in [9.17, 15) is 4.79 Å². The van der Waals surface area contributed by atoms with E-state index in [-0.39, 0.29) is 11.9 Å². The molecule has 0 radical (unpaired) electrons. The smallest absolute Gasteiger partial charge is 0.252 e. The average Bonchev–Trinajstić information content (AvgIpc) is 2.55. The average molecular weight is 313 g/mol. The minimum Gasteiger partial charge on any atom is -0.345 e. The number of carbonyl (C=O) groups is 1. The second kappa shape index (κ2) is 8.04. The standard InChI is InChI=1S/C19H23NOS/c1-4-15-10-12-16(13-11-15)14(3)20-19(21)17-8-6-7-9-18(17)22-5-2/h6-14H,4-5H2,1-3H3,(H,20,21)/t14-/m0/s1. The number of nitrogens with one attached hydrogen (secondary N) is 1. The van der Waals surface area contributed by atoms with Gasteiger partial charge in [0, 0.05) is 4.90 Å². The van der Waals surface area contributed by atoms with E-state index in [0.717, 1.165) is 28.2 Å².